The Balaban J connectivity index is 1.73. The molecule has 22 heavy (non-hydrogen) atoms. The van der Waals surface area contributed by atoms with E-state index in [1.165, 1.54) is 5.56 Å². The molecule has 3 atom stereocenters. The average Bonchev–Trinajstić information content (AvgIpc) is 2.54. The smallest absolute Gasteiger partial charge is 0.0814 e. The largest absolute Gasteiger partial charge is 0.393 e. The molecule has 3 heteroatoms. The van der Waals surface area contributed by atoms with E-state index in [0.29, 0.717) is 6.42 Å². The van der Waals surface area contributed by atoms with Gasteiger partial charge in [-0.3, -0.25) is 0 Å². The topological polar surface area (TPSA) is 60.7 Å². The summed E-state index contributed by atoms with van der Waals surface area (Å²) in [5.74, 6) is 0. The number of aryl methyl sites for hydroxylation is 1. The summed E-state index contributed by atoms with van der Waals surface area (Å²) in [5.41, 5.74) is 1.97. The lowest BCUT2D eigenvalue weighted by molar-refractivity contribution is 0.0370. The molecule has 0 aliphatic rings. The van der Waals surface area contributed by atoms with Gasteiger partial charge in [-0.15, -0.1) is 0 Å². The summed E-state index contributed by atoms with van der Waals surface area (Å²) in [6.45, 7) is 0. The van der Waals surface area contributed by atoms with E-state index < -0.39 is 18.3 Å². The van der Waals surface area contributed by atoms with Gasteiger partial charge in [0.2, 0.25) is 0 Å². The minimum Gasteiger partial charge on any atom is -0.393 e. The molecule has 0 saturated heterocycles. The molecule has 2 aromatic rings. The van der Waals surface area contributed by atoms with Gasteiger partial charge in [-0.25, -0.2) is 0 Å². The number of aliphatic hydroxyl groups is 3. The number of aliphatic hydroxyl groups excluding tert-OH is 3. The molecule has 0 amide bonds. The Morgan fingerprint density at radius 2 is 1.27 bits per heavy atom. The second kappa shape index (κ2) is 8.69. The summed E-state index contributed by atoms with van der Waals surface area (Å²) < 4.78 is 0. The van der Waals surface area contributed by atoms with Crippen LogP contribution in [0.25, 0.3) is 0 Å². The average molecular weight is 300 g/mol. The van der Waals surface area contributed by atoms with Gasteiger partial charge in [-0.05, 0) is 30.4 Å². The van der Waals surface area contributed by atoms with Crippen molar-refractivity contribution in [2.24, 2.45) is 0 Å². The minimum absolute atomic E-state index is 0.242. The van der Waals surface area contributed by atoms with E-state index in [1.807, 2.05) is 60.7 Å². The van der Waals surface area contributed by atoms with E-state index in [4.69, 9.17) is 0 Å². The van der Waals surface area contributed by atoms with Crippen molar-refractivity contribution in [1.29, 1.82) is 0 Å². The Labute approximate surface area is 131 Å². The van der Waals surface area contributed by atoms with E-state index in [1.54, 1.807) is 0 Å². The lowest BCUT2D eigenvalue weighted by atomic mass is 9.97. The van der Waals surface area contributed by atoms with E-state index in [2.05, 4.69) is 0 Å². The molecule has 0 heterocycles. The van der Waals surface area contributed by atoms with Gasteiger partial charge in [0.15, 0.2) is 0 Å². The van der Waals surface area contributed by atoms with Crippen LogP contribution in [0.3, 0.4) is 0 Å². The maximum atomic E-state index is 10.1. The van der Waals surface area contributed by atoms with Crippen molar-refractivity contribution < 1.29 is 15.3 Å². The fourth-order valence-corrected chi connectivity index (χ4v) is 2.58. The van der Waals surface area contributed by atoms with E-state index >= 15 is 0 Å². The van der Waals surface area contributed by atoms with Crippen LogP contribution in [0.4, 0.5) is 0 Å². The summed E-state index contributed by atoms with van der Waals surface area (Å²) in [6.07, 6.45) is -0.0293. The predicted molar refractivity (Wildman–Crippen MR) is 87.4 cm³/mol. The van der Waals surface area contributed by atoms with Crippen LogP contribution >= 0.6 is 0 Å². The molecule has 0 aromatic heterocycles. The molecule has 0 aliphatic heterocycles. The summed E-state index contributed by atoms with van der Waals surface area (Å²) in [7, 11) is 0. The molecule has 118 valence electrons. The standard InChI is InChI=1S/C19H24O3/c20-17(12-11-15-7-3-1-4-8-15)13-18(21)14-19(22)16-9-5-2-6-10-16/h1-10,17-22H,11-14H2/t17-,18+,19+/m0/s1. The first-order valence-corrected chi connectivity index (χ1v) is 7.78. The molecular formula is C19H24O3. The number of hydrogen-bond donors (Lipinski definition) is 3. The molecule has 0 radical (unpaired) electrons. The zero-order valence-corrected chi connectivity index (χ0v) is 12.7. The first kappa shape index (κ1) is 16.7. The third-order valence-electron chi connectivity index (χ3n) is 3.83. The van der Waals surface area contributed by atoms with E-state index in [0.717, 1.165) is 12.0 Å². The van der Waals surface area contributed by atoms with Gasteiger partial charge < -0.3 is 15.3 Å². The number of rotatable bonds is 8. The molecule has 2 rings (SSSR count). The van der Waals surface area contributed by atoms with Gasteiger partial charge in [-0.1, -0.05) is 60.7 Å². The molecule has 0 unspecified atom stereocenters. The third-order valence-corrected chi connectivity index (χ3v) is 3.83. The van der Waals surface area contributed by atoms with Crippen LogP contribution in [0, 0.1) is 0 Å². The van der Waals surface area contributed by atoms with Gasteiger partial charge in [-0.2, -0.15) is 0 Å². The van der Waals surface area contributed by atoms with Crippen LogP contribution in [-0.4, -0.2) is 27.5 Å². The van der Waals surface area contributed by atoms with Gasteiger partial charge >= 0.3 is 0 Å². The van der Waals surface area contributed by atoms with Crippen LogP contribution in [0.15, 0.2) is 60.7 Å². The van der Waals surface area contributed by atoms with Crippen molar-refractivity contribution in [2.45, 2.75) is 44.0 Å². The molecule has 0 saturated carbocycles. The monoisotopic (exact) mass is 300 g/mol. The zero-order chi connectivity index (χ0) is 15.8. The Morgan fingerprint density at radius 3 is 1.91 bits per heavy atom. The number of hydrogen-bond acceptors (Lipinski definition) is 3. The zero-order valence-electron chi connectivity index (χ0n) is 12.7. The Morgan fingerprint density at radius 1 is 0.682 bits per heavy atom. The fourth-order valence-electron chi connectivity index (χ4n) is 2.58. The summed E-state index contributed by atoms with van der Waals surface area (Å²) in [4.78, 5) is 0. The van der Waals surface area contributed by atoms with Crippen molar-refractivity contribution in [3.05, 3.63) is 71.8 Å². The van der Waals surface area contributed by atoms with Crippen LogP contribution in [0.1, 0.15) is 36.5 Å². The predicted octanol–water partition coefficient (Wildman–Crippen LogP) is 2.85. The van der Waals surface area contributed by atoms with Crippen molar-refractivity contribution in [2.75, 3.05) is 0 Å². The van der Waals surface area contributed by atoms with Crippen LogP contribution < -0.4 is 0 Å². The molecule has 0 bridgehead atoms. The quantitative estimate of drug-likeness (QED) is 0.702. The summed E-state index contributed by atoms with van der Waals surface area (Å²) in [5, 5.41) is 30.1. The molecule has 0 spiro atoms. The lowest BCUT2D eigenvalue weighted by Crippen LogP contribution is -2.20. The van der Waals surface area contributed by atoms with Gasteiger partial charge in [0.25, 0.3) is 0 Å². The summed E-state index contributed by atoms with van der Waals surface area (Å²) >= 11 is 0. The second-order valence-corrected chi connectivity index (χ2v) is 5.73. The normalized spacial score (nSPS) is 15.2. The molecule has 0 fully saturated rings. The molecule has 3 nitrogen and oxygen atoms in total. The SMILES string of the molecule is O[C@H](C[C@@H](O)CCc1ccccc1)C[C@@H](O)c1ccccc1. The van der Waals surface area contributed by atoms with E-state index in [9.17, 15) is 15.3 Å². The highest BCUT2D eigenvalue weighted by Gasteiger charge is 2.17. The maximum Gasteiger partial charge on any atom is 0.0814 e. The lowest BCUT2D eigenvalue weighted by Gasteiger charge is -2.19. The molecule has 0 aliphatic carbocycles. The van der Waals surface area contributed by atoms with E-state index in [-0.39, 0.29) is 12.8 Å². The highest BCUT2D eigenvalue weighted by molar-refractivity contribution is 5.17. The first-order chi connectivity index (χ1) is 10.6. The van der Waals surface area contributed by atoms with Crippen molar-refractivity contribution in [3.63, 3.8) is 0 Å². The van der Waals surface area contributed by atoms with Gasteiger partial charge in [0, 0.05) is 6.42 Å². The van der Waals surface area contributed by atoms with Gasteiger partial charge in [0.1, 0.15) is 0 Å². The minimum atomic E-state index is -0.707. The highest BCUT2D eigenvalue weighted by Crippen LogP contribution is 2.20. The first-order valence-electron chi connectivity index (χ1n) is 7.78. The van der Waals surface area contributed by atoms with Crippen LogP contribution in [-0.2, 0) is 6.42 Å². The number of benzene rings is 2. The second-order valence-electron chi connectivity index (χ2n) is 5.73. The molecular weight excluding hydrogens is 276 g/mol. The Kier molecular flexibility index (Phi) is 6.59. The highest BCUT2D eigenvalue weighted by atomic mass is 16.3. The summed E-state index contributed by atoms with van der Waals surface area (Å²) in [6, 6.07) is 19.3. The molecule has 2 aromatic carbocycles. The Bertz CT molecular complexity index is 527. The maximum absolute atomic E-state index is 10.1. The van der Waals surface area contributed by atoms with Crippen molar-refractivity contribution in [1.82, 2.24) is 0 Å². The molecule has 3 N–H and O–H groups in total. The van der Waals surface area contributed by atoms with Crippen molar-refractivity contribution >= 4 is 0 Å². The fraction of sp³-hybridized carbons (Fsp3) is 0.368. The third kappa shape index (κ3) is 5.60. The Hall–Kier alpha value is -1.68. The van der Waals surface area contributed by atoms with Crippen molar-refractivity contribution in [3.8, 4) is 0 Å². The van der Waals surface area contributed by atoms with Crippen LogP contribution in [0.2, 0.25) is 0 Å². The van der Waals surface area contributed by atoms with Crippen LogP contribution in [0.5, 0.6) is 0 Å². The van der Waals surface area contributed by atoms with Gasteiger partial charge in [0.05, 0.1) is 18.3 Å².